The van der Waals surface area contributed by atoms with E-state index in [9.17, 15) is 0 Å². The fraction of sp³-hybridized carbons (Fsp3) is 0.600. The van der Waals surface area contributed by atoms with E-state index in [0.717, 1.165) is 24.6 Å². The van der Waals surface area contributed by atoms with Gasteiger partial charge in [0.25, 0.3) is 0 Å². The predicted octanol–water partition coefficient (Wildman–Crippen LogP) is 1.46. The summed E-state index contributed by atoms with van der Waals surface area (Å²) in [6.07, 6.45) is 6.09. The van der Waals surface area contributed by atoms with Crippen LogP contribution in [0.1, 0.15) is 31.9 Å². The Bertz CT molecular complexity index is 462. The lowest BCUT2D eigenvalue weighted by Crippen LogP contribution is -2.47. The highest BCUT2D eigenvalue weighted by Crippen LogP contribution is 2.34. The molecule has 0 radical (unpaired) electrons. The summed E-state index contributed by atoms with van der Waals surface area (Å²) in [5, 5.41) is 6.80. The van der Waals surface area contributed by atoms with E-state index in [1.165, 1.54) is 12.8 Å². The van der Waals surface area contributed by atoms with Gasteiger partial charge in [0.05, 0.1) is 30.5 Å². The normalized spacial score (nSPS) is 28.6. The molecule has 0 saturated carbocycles. The van der Waals surface area contributed by atoms with Gasteiger partial charge in [-0.1, -0.05) is 6.07 Å². The van der Waals surface area contributed by atoms with E-state index >= 15 is 0 Å². The first-order chi connectivity index (χ1) is 9.85. The lowest BCUT2D eigenvalue weighted by atomic mass is 9.96. The number of aromatic nitrogens is 1. The molecule has 2 aliphatic heterocycles. The number of nitrogens with one attached hydrogen (secondary N) is 2. The Morgan fingerprint density at radius 2 is 2.40 bits per heavy atom. The number of ether oxygens (including phenoxy) is 1. The second kappa shape index (κ2) is 6.22. The van der Waals surface area contributed by atoms with E-state index in [1.807, 2.05) is 18.2 Å². The summed E-state index contributed by atoms with van der Waals surface area (Å²) in [5.41, 5.74) is 0.980. The topological polar surface area (TPSA) is 58.5 Å². The van der Waals surface area contributed by atoms with Gasteiger partial charge in [-0.15, -0.1) is 0 Å². The van der Waals surface area contributed by atoms with Crippen LogP contribution >= 0.6 is 0 Å². The summed E-state index contributed by atoms with van der Waals surface area (Å²) in [6, 6.07) is 6.30. The van der Waals surface area contributed by atoms with Crippen LogP contribution in [0.3, 0.4) is 0 Å². The molecule has 0 amide bonds. The molecule has 2 fully saturated rings. The maximum absolute atomic E-state index is 5.87. The van der Waals surface area contributed by atoms with Gasteiger partial charge in [0, 0.05) is 12.7 Å². The standard InChI is InChI=1S/C15H22N4O/c1-2-16-15(18-10-11-5-3-4-8-17-11)19-13-9-12-6-7-14(13)20-12/h3-5,8,12-14H,2,6-7,9-10H2,1H3,(H2,16,18,19)/t12-,13+,14+/m1/s1. The van der Waals surface area contributed by atoms with Crippen LogP contribution in [0.15, 0.2) is 29.4 Å². The van der Waals surface area contributed by atoms with E-state index in [4.69, 9.17) is 4.74 Å². The number of hydrogen-bond acceptors (Lipinski definition) is 3. The van der Waals surface area contributed by atoms with Crippen molar-refractivity contribution in [2.75, 3.05) is 6.54 Å². The molecule has 0 spiro atoms. The van der Waals surface area contributed by atoms with E-state index in [2.05, 4.69) is 27.5 Å². The second-order valence-electron chi connectivity index (χ2n) is 5.38. The molecular weight excluding hydrogens is 252 g/mol. The molecule has 3 rings (SSSR count). The van der Waals surface area contributed by atoms with Gasteiger partial charge in [0.2, 0.25) is 0 Å². The first kappa shape index (κ1) is 13.4. The third-order valence-electron chi connectivity index (χ3n) is 3.90. The zero-order chi connectivity index (χ0) is 13.8. The van der Waals surface area contributed by atoms with Gasteiger partial charge in [0.1, 0.15) is 0 Å². The van der Waals surface area contributed by atoms with Crippen molar-refractivity contribution in [3.8, 4) is 0 Å². The molecule has 2 saturated heterocycles. The highest BCUT2D eigenvalue weighted by molar-refractivity contribution is 5.80. The predicted molar refractivity (Wildman–Crippen MR) is 78.5 cm³/mol. The van der Waals surface area contributed by atoms with Gasteiger partial charge in [0.15, 0.2) is 5.96 Å². The molecule has 2 N–H and O–H groups in total. The minimum Gasteiger partial charge on any atom is -0.373 e. The molecule has 20 heavy (non-hydrogen) atoms. The van der Waals surface area contributed by atoms with Crippen LogP contribution in [0.5, 0.6) is 0 Å². The lowest BCUT2D eigenvalue weighted by molar-refractivity contribution is 0.0992. The molecule has 5 heteroatoms. The van der Waals surface area contributed by atoms with Gasteiger partial charge < -0.3 is 15.4 Å². The van der Waals surface area contributed by atoms with Crippen molar-refractivity contribution >= 4 is 5.96 Å². The highest BCUT2D eigenvalue weighted by Gasteiger charge is 2.41. The van der Waals surface area contributed by atoms with Crippen molar-refractivity contribution in [1.82, 2.24) is 15.6 Å². The molecule has 1 aromatic rings. The summed E-state index contributed by atoms with van der Waals surface area (Å²) in [4.78, 5) is 8.90. The Morgan fingerprint density at radius 1 is 1.45 bits per heavy atom. The van der Waals surface area contributed by atoms with Crippen LogP contribution in [-0.2, 0) is 11.3 Å². The quantitative estimate of drug-likeness (QED) is 0.644. The first-order valence-corrected chi connectivity index (χ1v) is 7.45. The van der Waals surface area contributed by atoms with Gasteiger partial charge in [-0.25, -0.2) is 4.99 Å². The molecule has 2 bridgehead atoms. The van der Waals surface area contributed by atoms with Gasteiger partial charge in [-0.2, -0.15) is 0 Å². The summed E-state index contributed by atoms with van der Waals surface area (Å²) in [5.74, 6) is 0.860. The van der Waals surface area contributed by atoms with Crippen molar-refractivity contribution in [1.29, 1.82) is 0 Å². The monoisotopic (exact) mass is 274 g/mol. The van der Waals surface area contributed by atoms with Crippen LogP contribution in [-0.4, -0.2) is 35.7 Å². The maximum atomic E-state index is 5.87. The third kappa shape index (κ3) is 3.10. The number of aliphatic imine (C=N–C) groups is 1. The van der Waals surface area contributed by atoms with Crippen molar-refractivity contribution in [2.24, 2.45) is 4.99 Å². The molecule has 2 aliphatic rings. The summed E-state index contributed by atoms with van der Waals surface area (Å²) >= 11 is 0. The largest absolute Gasteiger partial charge is 0.373 e. The fourth-order valence-electron chi connectivity index (χ4n) is 2.94. The average Bonchev–Trinajstić information content (AvgIpc) is 3.09. The highest BCUT2D eigenvalue weighted by atomic mass is 16.5. The van der Waals surface area contributed by atoms with Gasteiger partial charge in [-0.3, -0.25) is 4.98 Å². The second-order valence-corrected chi connectivity index (χ2v) is 5.38. The Labute approximate surface area is 119 Å². The Balaban J connectivity index is 1.60. The van der Waals surface area contributed by atoms with Crippen molar-refractivity contribution < 1.29 is 4.74 Å². The van der Waals surface area contributed by atoms with Crippen molar-refractivity contribution in [3.63, 3.8) is 0 Å². The summed E-state index contributed by atoms with van der Waals surface area (Å²) in [6.45, 7) is 3.53. The van der Waals surface area contributed by atoms with E-state index in [1.54, 1.807) is 6.20 Å². The average molecular weight is 274 g/mol. The van der Waals surface area contributed by atoms with Crippen molar-refractivity contribution in [3.05, 3.63) is 30.1 Å². The Morgan fingerprint density at radius 3 is 3.05 bits per heavy atom. The first-order valence-electron chi connectivity index (χ1n) is 7.45. The smallest absolute Gasteiger partial charge is 0.191 e. The number of hydrogen-bond donors (Lipinski definition) is 2. The molecule has 3 heterocycles. The van der Waals surface area contributed by atoms with E-state index in [-0.39, 0.29) is 0 Å². The van der Waals surface area contributed by atoms with Gasteiger partial charge >= 0.3 is 0 Å². The molecule has 0 aliphatic carbocycles. The van der Waals surface area contributed by atoms with Gasteiger partial charge in [-0.05, 0) is 38.3 Å². The molecular formula is C15H22N4O. The molecule has 1 aromatic heterocycles. The minimum absolute atomic E-state index is 0.360. The number of rotatable bonds is 4. The molecule has 3 atom stereocenters. The lowest BCUT2D eigenvalue weighted by Gasteiger charge is -2.22. The number of pyridine rings is 1. The summed E-state index contributed by atoms with van der Waals surface area (Å²) < 4.78 is 5.87. The Kier molecular flexibility index (Phi) is 4.16. The Hall–Kier alpha value is -1.62. The van der Waals surface area contributed by atoms with Crippen LogP contribution in [0.2, 0.25) is 0 Å². The van der Waals surface area contributed by atoms with Crippen LogP contribution in [0.25, 0.3) is 0 Å². The number of nitrogens with zero attached hydrogens (tertiary/aromatic N) is 2. The molecule has 108 valence electrons. The van der Waals surface area contributed by atoms with Crippen LogP contribution in [0, 0.1) is 0 Å². The zero-order valence-electron chi connectivity index (χ0n) is 11.9. The molecule has 5 nitrogen and oxygen atoms in total. The third-order valence-corrected chi connectivity index (χ3v) is 3.90. The minimum atomic E-state index is 0.360. The van der Waals surface area contributed by atoms with E-state index in [0.29, 0.717) is 24.8 Å². The molecule has 0 unspecified atom stereocenters. The number of fused-ring (bicyclic) bond motifs is 2. The zero-order valence-corrected chi connectivity index (χ0v) is 11.9. The summed E-state index contributed by atoms with van der Waals surface area (Å²) in [7, 11) is 0. The SMILES string of the molecule is CCNC(=NCc1ccccn1)N[C@H]1C[C@H]2CC[C@@H]1O2. The number of guanidine groups is 1. The van der Waals surface area contributed by atoms with Crippen LogP contribution < -0.4 is 10.6 Å². The molecule has 0 aromatic carbocycles. The van der Waals surface area contributed by atoms with Crippen molar-refractivity contribution in [2.45, 2.75) is 51.0 Å². The van der Waals surface area contributed by atoms with E-state index < -0.39 is 0 Å². The fourth-order valence-corrected chi connectivity index (χ4v) is 2.94. The maximum Gasteiger partial charge on any atom is 0.191 e. The van der Waals surface area contributed by atoms with Crippen LogP contribution in [0.4, 0.5) is 0 Å².